The van der Waals surface area contributed by atoms with Gasteiger partial charge in [-0.2, -0.15) is 0 Å². The lowest BCUT2D eigenvalue weighted by Crippen LogP contribution is -2.17. The average molecular weight is 232 g/mol. The Morgan fingerprint density at radius 1 is 1.24 bits per heavy atom. The lowest BCUT2D eigenvalue weighted by molar-refractivity contribution is 0.409. The Hall–Kier alpha value is -1.00. The van der Waals surface area contributed by atoms with Gasteiger partial charge in [-0.1, -0.05) is 0 Å². The van der Waals surface area contributed by atoms with Crippen LogP contribution in [0.1, 0.15) is 41.5 Å². The van der Waals surface area contributed by atoms with Crippen LogP contribution in [0.4, 0.5) is 0 Å². The molecule has 4 nitrogen and oxygen atoms in total. The molecule has 17 heavy (non-hydrogen) atoms. The third-order valence-electron chi connectivity index (χ3n) is 3.51. The molecule has 3 rings (SSSR count). The fourth-order valence-corrected chi connectivity index (χ4v) is 2.38. The van der Waals surface area contributed by atoms with Gasteiger partial charge in [-0.3, -0.25) is 0 Å². The first-order valence-corrected chi connectivity index (χ1v) is 6.48. The van der Waals surface area contributed by atoms with Crippen molar-refractivity contribution in [2.24, 2.45) is 0 Å². The molecule has 92 valence electrons. The number of hydrogen-bond acceptors (Lipinski definition) is 4. The van der Waals surface area contributed by atoms with Gasteiger partial charge in [0, 0.05) is 37.5 Å². The predicted molar refractivity (Wildman–Crippen MR) is 66.8 cm³/mol. The molecule has 1 aromatic rings. The molecule has 1 aliphatic carbocycles. The summed E-state index contributed by atoms with van der Waals surface area (Å²) < 4.78 is 0. The molecule has 0 aromatic carbocycles. The van der Waals surface area contributed by atoms with Gasteiger partial charge in [-0.25, -0.2) is 9.97 Å². The number of fused-ring (bicyclic) bond motifs is 1. The summed E-state index contributed by atoms with van der Waals surface area (Å²) in [5.74, 6) is 1.76. The molecule has 0 saturated heterocycles. The van der Waals surface area contributed by atoms with Gasteiger partial charge in [0.05, 0.1) is 11.4 Å². The number of aromatic nitrogens is 2. The summed E-state index contributed by atoms with van der Waals surface area (Å²) in [6.07, 6.45) is 3.59. The molecule has 0 bridgehead atoms. The van der Waals surface area contributed by atoms with E-state index in [9.17, 15) is 0 Å². The highest BCUT2D eigenvalue weighted by atomic mass is 15.1. The number of nitrogens with zero attached hydrogens (tertiary/aromatic N) is 3. The van der Waals surface area contributed by atoms with E-state index in [2.05, 4.69) is 24.3 Å². The predicted octanol–water partition coefficient (Wildman–Crippen LogP) is 1.06. The van der Waals surface area contributed by atoms with Crippen molar-refractivity contribution < 1.29 is 0 Å². The van der Waals surface area contributed by atoms with E-state index in [4.69, 9.17) is 9.97 Å². The molecule has 0 radical (unpaired) electrons. The monoisotopic (exact) mass is 232 g/mol. The zero-order valence-electron chi connectivity index (χ0n) is 10.7. The minimum atomic E-state index is 0.727. The summed E-state index contributed by atoms with van der Waals surface area (Å²) in [6, 6.07) is 0. The van der Waals surface area contributed by atoms with E-state index in [-0.39, 0.29) is 0 Å². The summed E-state index contributed by atoms with van der Waals surface area (Å²) in [5.41, 5.74) is 3.98. The fraction of sp³-hybridized carbons (Fsp3) is 0.692. The molecular formula is C13H20N4. The third-order valence-corrected chi connectivity index (χ3v) is 3.51. The van der Waals surface area contributed by atoms with Crippen molar-refractivity contribution in [3.05, 3.63) is 22.8 Å². The van der Waals surface area contributed by atoms with Crippen molar-refractivity contribution in [1.82, 2.24) is 20.2 Å². The van der Waals surface area contributed by atoms with Gasteiger partial charge in [0.25, 0.3) is 0 Å². The molecule has 1 N–H and O–H groups in total. The van der Waals surface area contributed by atoms with Crippen LogP contribution in [0.2, 0.25) is 0 Å². The summed E-state index contributed by atoms with van der Waals surface area (Å²) in [6.45, 7) is 2.91. The number of rotatable bonds is 4. The van der Waals surface area contributed by atoms with Crippen LogP contribution < -0.4 is 5.32 Å². The topological polar surface area (TPSA) is 41.1 Å². The zero-order chi connectivity index (χ0) is 11.8. The van der Waals surface area contributed by atoms with Crippen LogP contribution in [-0.2, 0) is 19.5 Å². The normalized spacial score (nSPS) is 18.8. The molecular weight excluding hydrogens is 212 g/mol. The van der Waals surface area contributed by atoms with Crippen LogP contribution in [0.15, 0.2) is 0 Å². The lowest BCUT2D eigenvalue weighted by Gasteiger charge is -2.11. The highest BCUT2D eigenvalue weighted by Gasteiger charge is 2.31. The maximum Gasteiger partial charge on any atom is 0.130 e. The van der Waals surface area contributed by atoms with E-state index in [0.29, 0.717) is 0 Å². The van der Waals surface area contributed by atoms with Crippen LogP contribution >= 0.6 is 0 Å². The van der Waals surface area contributed by atoms with E-state index in [1.54, 1.807) is 0 Å². The largest absolute Gasteiger partial charge is 0.309 e. The second-order valence-corrected chi connectivity index (χ2v) is 5.38. The molecule has 1 saturated carbocycles. The first kappa shape index (κ1) is 11.1. The lowest BCUT2D eigenvalue weighted by atomic mass is 10.1. The van der Waals surface area contributed by atoms with Gasteiger partial charge < -0.3 is 10.2 Å². The van der Waals surface area contributed by atoms with E-state index in [0.717, 1.165) is 37.8 Å². The Labute approximate surface area is 102 Å². The Kier molecular flexibility index (Phi) is 2.84. The van der Waals surface area contributed by atoms with Gasteiger partial charge >= 0.3 is 0 Å². The van der Waals surface area contributed by atoms with Crippen LogP contribution in [-0.4, -0.2) is 35.5 Å². The van der Waals surface area contributed by atoms with Gasteiger partial charge in [0.2, 0.25) is 0 Å². The van der Waals surface area contributed by atoms with Gasteiger partial charge in [0.1, 0.15) is 5.82 Å². The number of likely N-dealkylation sites (N-methyl/N-ethyl adjacent to an activating group) is 1. The second-order valence-electron chi connectivity index (χ2n) is 5.38. The SMILES string of the molecule is CN(C)CCc1nc2c(c(C3CC3)n1)CNC2. The van der Waals surface area contributed by atoms with Gasteiger partial charge in [0.15, 0.2) is 0 Å². The smallest absolute Gasteiger partial charge is 0.130 e. The quantitative estimate of drug-likeness (QED) is 0.843. The molecule has 0 unspecified atom stereocenters. The van der Waals surface area contributed by atoms with Crippen molar-refractivity contribution in [3.8, 4) is 0 Å². The molecule has 0 atom stereocenters. The standard InChI is InChI=1S/C13H20N4/c1-17(2)6-5-12-15-11-8-14-7-10(11)13(16-12)9-3-4-9/h9,14H,3-8H2,1-2H3. The summed E-state index contributed by atoms with van der Waals surface area (Å²) in [7, 11) is 4.19. The summed E-state index contributed by atoms with van der Waals surface area (Å²) >= 11 is 0. The molecule has 2 heterocycles. The zero-order valence-corrected chi connectivity index (χ0v) is 10.7. The average Bonchev–Trinajstić information content (AvgIpc) is 3.03. The van der Waals surface area contributed by atoms with Gasteiger partial charge in [-0.05, 0) is 26.9 Å². The van der Waals surface area contributed by atoms with Crippen LogP contribution in [0.3, 0.4) is 0 Å². The van der Waals surface area contributed by atoms with Gasteiger partial charge in [-0.15, -0.1) is 0 Å². The van der Waals surface area contributed by atoms with Crippen molar-refractivity contribution in [3.63, 3.8) is 0 Å². The Morgan fingerprint density at radius 2 is 2.06 bits per heavy atom. The van der Waals surface area contributed by atoms with E-state index < -0.39 is 0 Å². The van der Waals surface area contributed by atoms with Crippen molar-refractivity contribution in [1.29, 1.82) is 0 Å². The Balaban J connectivity index is 1.87. The maximum absolute atomic E-state index is 4.80. The Bertz CT molecular complexity index is 424. The van der Waals surface area contributed by atoms with E-state index >= 15 is 0 Å². The molecule has 1 fully saturated rings. The van der Waals surface area contributed by atoms with Crippen LogP contribution in [0.5, 0.6) is 0 Å². The maximum atomic E-state index is 4.80. The highest BCUT2D eigenvalue weighted by Crippen LogP contribution is 2.41. The number of nitrogens with one attached hydrogen (secondary N) is 1. The minimum absolute atomic E-state index is 0.727. The molecule has 1 aliphatic heterocycles. The molecule has 1 aromatic heterocycles. The highest BCUT2D eigenvalue weighted by molar-refractivity contribution is 5.33. The molecule has 2 aliphatic rings. The summed E-state index contributed by atoms with van der Waals surface area (Å²) in [5, 5.41) is 3.39. The first-order chi connectivity index (χ1) is 8.24. The minimum Gasteiger partial charge on any atom is -0.309 e. The summed E-state index contributed by atoms with van der Waals surface area (Å²) in [4.78, 5) is 11.7. The third kappa shape index (κ3) is 2.33. The second kappa shape index (κ2) is 4.35. The van der Waals surface area contributed by atoms with Crippen molar-refractivity contribution in [2.75, 3.05) is 20.6 Å². The Morgan fingerprint density at radius 3 is 2.76 bits per heavy atom. The van der Waals surface area contributed by atoms with Crippen molar-refractivity contribution in [2.45, 2.75) is 38.3 Å². The van der Waals surface area contributed by atoms with Crippen LogP contribution in [0.25, 0.3) is 0 Å². The van der Waals surface area contributed by atoms with E-state index in [1.165, 1.54) is 29.8 Å². The van der Waals surface area contributed by atoms with E-state index in [1.807, 2.05) is 0 Å². The first-order valence-electron chi connectivity index (χ1n) is 6.48. The molecule has 0 amide bonds. The number of hydrogen-bond donors (Lipinski definition) is 1. The molecule has 0 spiro atoms. The fourth-order valence-electron chi connectivity index (χ4n) is 2.38. The molecule has 4 heteroatoms. The van der Waals surface area contributed by atoms with Crippen LogP contribution in [0, 0.1) is 0 Å². The van der Waals surface area contributed by atoms with Crippen molar-refractivity contribution >= 4 is 0 Å².